The third-order valence-electron chi connectivity index (χ3n) is 5.74. The molecule has 3 aliphatic rings. The number of hydrogen-bond donors (Lipinski definition) is 0. The number of carbonyl (C=O) groups is 1. The quantitative estimate of drug-likeness (QED) is 0.743. The fraction of sp³-hybridized carbons (Fsp3) is 0.714. The Bertz CT molecular complexity index is 641. The Hall–Kier alpha value is -1.70. The monoisotopic (exact) mass is 389 g/mol. The van der Waals surface area contributed by atoms with Crippen LogP contribution in [0.25, 0.3) is 0 Å². The average molecular weight is 389 g/mol. The van der Waals surface area contributed by atoms with Gasteiger partial charge in [0.2, 0.25) is 0 Å². The molecule has 3 fully saturated rings. The van der Waals surface area contributed by atoms with Crippen LogP contribution < -0.4 is 4.90 Å². The Balaban J connectivity index is 1.49. The van der Waals surface area contributed by atoms with Gasteiger partial charge in [0.25, 0.3) is 5.91 Å². The van der Waals surface area contributed by atoms with Crippen LogP contribution in [0.5, 0.6) is 0 Å². The fourth-order valence-electron chi connectivity index (χ4n) is 4.24. The van der Waals surface area contributed by atoms with Gasteiger partial charge in [0.1, 0.15) is 5.82 Å². The van der Waals surface area contributed by atoms with E-state index in [2.05, 4.69) is 16.8 Å². The van der Waals surface area contributed by atoms with Gasteiger partial charge in [0, 0.05) is 51.2 Å². The van der Waals surface area contributed by atoms with Gasteiger partial charge in [0.05, 0.1) is 24.9 Å². The van der Waals surface area contributed by atoms with Crippen LogP contribution in [0.4, 0.5) is 5.82 Å². The molecule has 3 atom stereocenters. The summed E-state index contributed by atoms with van der Waals surface area (Å²) in [6.45, 7) is 7.18. The Labute approximate surface area is 166 Å². The van der Waals surface area contributed by atoms with Crippen molar-refractivity contribution in [3.63, 3.8) is 0 Å². The highest BCUT2D eigenvalue weighted by Gasteiger charge is 2.28. The molecular formula is C21H31N3O4. The predicted molar refractivity (Wildman–Crippen MR) is 106 cm³/mol. The van der Waals surface area contributed by atoms with E-state index in [0.717, 1.165) is 57.8 Å². The number of carbonyl (C=O) groups excluding carboxylic acids is 1. The van der Waals surface area contributed by atoms with Crippen molar-refractivity contribution in [2.75, 3.05) is 50.9 Å². The average Bonchev–Trinajstić information content (AvgIpc) is 3.41. The van der Waals surface area contributed by atoms with Crippen molar-refractivity contribution in [1.29, 1.82) is 0 Å². The number of pyridine rings is 1. The SMILES string of the molecule is CC1CN(c2cc(C(=O)N(CC3CCCO3)CC3CCCO3)ccn2)CCO1. The van der Waals surface area contributed by atoms with E-state index in [-0.39, 0.29) is 24.2 Å². The van der Waals surface area contributed by atoms with E-state index in [1.54, 1.807) is 6.20 Å². The van der Waals surface area contributed by atoms with Crippen molar-refractivity contribution >= 4 is 11.7 Å². The summed E-state index contributed by atoms with van der Waals surface area (Å²) in [6, 6.07) is 3.73. The molecule has 3 saturated heterocycles. The summed E-state index contributed by atoms with van der Waals surface area (Å²) in [4.78, 5) is 22.0. The van der Waals surface area contributed by atoms with Gasteiger partial charge in [-0.1, -0.05) is 0 Å². The van der Waals surface area contributed by atoms with Gasteiger partial charge in [-0.15, -0.1) is 0 Å². The maximum absolute atomic E-state index is 13.4. The molecule has 0 aromatic carbocycles. The molecule has 3 aliphatic heterocycles. The van der Waals surface area contributed by atoms with E-state index in [1.165, 1.54) is 0 Å². The molecule has 0 aliphatic carbocycles. The van der Waals surface area contributed by atoms with Crippen molar-refractivity contribution < 1.29 is 19.0 Å². The number of morpholine rings is 1. The van der Waals surface area contributed by atoms with E-state index in [0.29, 0.717) is 25.3 Å². The lowest BCUT2D eigenvalue weighted by molar-refractivity contribution is 0.0307. The third-order valence-corrected chi connectivity index (χ3v) is 5.74. The van der Waals surface area contributed by atoms with Crippen LogP contribution in [0.3, 0.4) is 0 Å². The van der Waals surface area contributed by atoms with E-state index in [9.17, 15) is 4.79 Å². The minimum absolute atomic E-state index is 0.0379. The maximum Gasteiger partial charge on any atom is 0.254 e. The molecular weight excluding hydrogens is 358 g/mol. The lowest BCUT2D eigenvalue weighted by Gasteiger charge is -2.32. The molecule has 7 nitrogen and oxygen atoms in total. The molecule has 4 heterocycles. The number of anilines is 1. The molecule has 0 spiro atoms. The third kappa shape index (κ3) is 4.82. The Morgan fingerprint density at radius 1 is 1.14 bits per heavy atom. The summed E-state index contributed by atoms with van der Waals surface area (Å²) in [7, 11) is 0. The Kier molecular flexibility index (Phi) is 6.44. The van der Waals surface area contributed by atoms with Crippen LogP contribution >= 0.6 is 0 Å². The summed E-state index contributed by atoms with van der Waals surface area (Å²) >= 11 is 0. The van der Waals surface area contributed by atoms with Crippen molar-refractivity contribution in [3.8, 4) is 0 Å². The van der Waals surface area contributed by atoms with Crippen molar-refractivity contribution in [2.24, 2.45) is 0 Å². The van der Waals surface area contributed by atoms with Crippen LogP contribution in [-0.2, 0) is 14.2 Å². The van der Waals surface area contributed by atoms with Gasteiger partial charge in [-0.05, 0) is 44.7 Å². The Morgan fingerprint density at radius 2 is 1.86 bits per heavy atom. The maximum atomic E-state index is 13.4. The summed E-state index contributed by atoms with van der Waals surface area (Å²) < 4.78 is 17.2. The first-order valence-electron chi connectivity index (χ1n) is 10.5. The van der Waals surface area contributed by atoms with Crippen molar-refractivity contribution in [1.82, 2.24) is 9.88 Å². The van der Waals surface area contributed by atoms with Gasteiger partial charge in [0.15, 0.2) is 0 Å². The number of amides is 1. The summed E-state index contributed by atoms with van der Waals surface area (Å²) in [5.41, 5.74) is 0.681. The first-order chi connectivity index (χ1) is 13.7. The summed E-state index contributed by atoms with van der Waals surface area (Å²) in [5, 5.41) is 0. The number of ether oxygens (including phenoxy) is 3. The van der Waals surface area contributed by atoms with Gasteiger partial charge < -0.3 is 24.0 Å². The molecule has 0 radical (unpaired) electrons. The highest BCUT2D eigenvalue weighted by Crippen LogP contribution is 2.21. The lowest BCUT2D eigenvalue weighted by Crippen LogP contribution is -2.43. The second-order valence-corrected chi connectivity index (χ2v) is 8.01. The van der Waals surface area contributed by atoms with Crippen LogP contribution in [-0.4, -0.2) is 80.1 Å². The molecule has 4 rings (SSSR count). The van der Waals surface area contributed by atoms with Gasteiger partial charge in [-0.2, -0.15) is 0 Å². The van der Waals surface area contributed by atoms with Crippen LogP contribution in [0.2, 0.25) is 0 Å². The number of aromatic nitrogens is 1. The molecule has 28 heavy (non-hydrogen) atoms. The van der Waals surface area contributed by atoms with Crippen LogP contribution in [0.1, 0.15) is 43.0 Å². The molecule has 1 aromatic heterocycles. The van der Waals surface area contributed by atoms with E-state index in [4.69, 9.17) is 14.2 Å². The second kappa shape index (κ2) is 9.20. The molecule has 1 amide bonds. The van der Waals surface area contributed by atoms with Gasteiger partial charge in [-0.3, -0.25) is 4.79 Å². The summed E-state index contributed by atoms with van der Waals surface area (Å²) in [6.07, 6.45) is 6.34. The first kappa shape index (κ1) is 19.6. The number of rotatable bonds is 6. The fourth-order valence-corrected chi connectivity index (χ4v) is 4.24. The molecule has 0 saturated carbocycles. The molecule has 7 heteroatoms. The highest BCUT2D eigenvalue weighted by molar-refractivity contribution is 5.95. The zero-order valence-corrected chi connectivity index (χ0v) is 16.7. The van der Waals surface area contributed by atoms with E-state index in [1.807, 2.05) is 17.0 Å². The first-order valence-corrected chi connectivity index (χ1v) is 10.5. The highest BCUT2D eigenvalue weighted by atomic mass is 16.5. The molecule has 3 unspecified atom stereocenters. The molecule has 1 aromatic rings. The molecule has 0 N–H and O–H groups in total. The minimum atomic E-state index is 0.0379. The van der Waals surface area contributed by atoms with Crippen LogP contribution in [0, 0.1) is 0 Å². The molecule has 0 bridgehead atoms. The predicted octanol–water partition coefficient (Wildman–Crippen LogP) is 2.11. The number of nitrogens with zero attached hydrogens (tertiary/aromatic N) is 3. The van der Waals surface area contributed by atoms with Crippen LogP contribution in [0.15, 0.2) is 18.3 Å². The summed E-state index contributed by atoms with van der Waals surface area (Å²) in [5.74, 6) is 0.881. The van der Waals surface area contributed by atoms with E-state index < -0.39 is 0 Å². The zero-order chi connectivity index (χ0) is 19.3. The second-order valence-electron chi connectivity index (χ2n) is 8.01. The van der Waals surface area contributed by atoms with Gasteiger partial charge in [-0.25, -0.2) is 4.98 Å². The lowest BCUT2D eigenvalue weighted by atomic mass is 10.1. The minimum Gasteiger partial charge on any atom is -0.376 e. The number of hydrogen-bond acceptors (Lipinski definition) is 6. The van der Waals surface area contributed by atoms with Gasteiger partial charge >= 0.3 is 0 Å². The largest absolute Gasteiger partial charge is 0.376 e. The zero-order valence-electron chi connectivity index (χ0n) is 16.7. The standard InChI is InChI=1S/C21H31N3O4/c1-16-13-23(8-11-26-16)20-12-17(6-7-22-20)21(25)24(14-18-4-2-9-27-18)15-19-5-3-10-28-19/h6-7,12,16,18-19H,2-5,8-11,13-15H2,1H3. The normalized spacial score (nSPS) is 27.9. The molecule has 154 valence electrons. The van der Waals surface area contributed by atoms with Crippen molar-refractivity contribution in [3.05, 3.63) is 23.9 Å². The smallest absolute Gasteiger partial charge is 0.254 e. The van der Waals surface area contributed by atoms with E-state index >= 15 is 0 Å². The van der Waals surface area contributed by atoms with Crippen molar-refractivity contribution in [2.45, 2.75) is 50.9 Å². The Morgan fingerprint density at radius 3 is 2.46 bits per heavy atom. The topological polar surface area (TPSA) is 64.1 Å².